The molecule has 0 unspecified atom stereocenters. The van der Waals surface area contributed by atoms with Gasteiger partial charge < -0.3 is 14.4 Å². The summed E-state index contributed by atoms with van der Waals surface area (Å²) in [5.41, 5.74) is -0.453. The van der Waals surface area contributed by atoms with Crippen molar-refractivity contribution in [3.63, 3.8) is 0 Å². The van der Waals surface area contributed by atoms with Crippen molar-refractivity contribution in [2.24, 2.45) is 11.8 Å². The van der Waals surface area contributed by atoms with Crippen LogP contribution in [0.25, 0.3) is 0 Å². The van der Waals surface area contributed by atoms with Crippen molar-refractivity contribution in [3.8, 4) is 0 Å². The summed E-state index contributed by atoms with van der Waals surface area (Å²) in [7, 11) is 0. The van der Waals surface area contributed by atoms with E-state index in [1.807, 2.05) is 19.1 Å². The number of benzene rings is 1. The van der Waals surface area contributed by atoms with Crippen molar-refractivity contribution in [2.75, 3.05) is 18.1 Å². The van der Waals surface area contributed by atoms with Crippen LogP contribution in [0.2, 0.25) is 5.02 Å². The largest absolute Gasteiger partial charge is 0.465 e. The van der Waals surface area contributed by atoms with Crippen LogP contribution in [0, 0.1) is 17.7 Å². The van der Waals surface area contributed by atoms with Crippen LogP contribution in [-0.2, 0) is 19.1 Å². The number of fused-ring (bicyclic) bond motifs is 1. The average Bonchev–Trinajstić information content (AvgIpc) is 3.26. The Morgan fingerprint density at radius 2 is 2.31 bits per heavy atom. The van der Waals surface area contributed by atoms with E-state index in [-0.39, 0.29) is 17.5 Å². The highest BCUT2D eigenvalue weighted by atomic mass is 35.5. The number of carbonyl (C=O) groups excluding carboxylic acids is 2. The van der Waals surface area contributed by atoms with Crippen LogP contribution in [0.5, 0.6) is 0 Å². The van der Waals surface area contributed by atoms with Crippen molar-refractivity contribution < 1.29 is 23.5 Å². The van der Waals surface area contributed by atoms with E-state index in [1.165, 1.54) is 17.0 Å². The van der Waals surface area contributed by atoms with Crippen molar-refractivity contribution in [1.82, 2.24) is 0 Å². The second-order valence-corrected chi connectivity index (χ2v) is 7.35. The molecular formula is C19H19ClFNO4. The lowest BCUT2D eigenvalue weighted by Crippen LogP contribution is -2.40. The lowest BCUT2D eigenvalue weighted by molar-refractivity contribution is -0.152. The van der Waals surface area contributed by atoms with Gasteiger partial charge in [-0.1, -0.05) is 37.1 Å². The summed E-state index contributed by atoms with van der Waals surface area (Å²) in [6, 6.07) is 4.23. The first-order valence-corrected chi connectivity index (χ1v) is 9.15. The molecule has 2 bridgehead atoms. The molecule has 3 aliphatic rings. The van der Waals surface area contributed by atoms with E-state index < -0.39 is 35.3 Å². The van der Waals surface area contributed by atoms with Crippen molar-refractivity contribution in [2.45, 2.75) is 31.5 Å². The van der Waals surface area contributed by atoms with E-state index in [0.29, 0.717) is 12.3 Å². The molecule has 1 amide bonds. The third kappa shape index (κ3) is 2.55. The first-order chi connectivity index (χ1) is 12.5. The third-order valence-corrected chi connectivity index (χ3v) is 5.64. The number of esters is 1. The van der Waals surface area contributed by atoms with Gasteiger partial charge in [0, 0.05) is 5.69 Å². The van der Waals surface area contributed by atoms with Gasteiger partial charge in [0.25, 0.3) is 0 Å². The number of hydrogen-bond donors (Lipinski definition) is 0. The van der Waals surface area contributed by atoms with E-state index in [1.54, 1.807) is 6.07 Å². The highest BCUT2D eigenvalue weighted by molar-refractivity contribution is 6.30. The van der Waals surface area contributed by atoms with Gasteiger partial charge in [-0.05, 0) is 24.6 Å². The van der Waals surface area contributed by atoms with E-state index in [2.05, 4.69) is 0 Å². The van der Waals surface area contributed by atoms with Crippen LogP contribution in [0.15, 0.2) is 30.4 Å². The van der Waals surface area contributed by atoms with E-state index in [4.69, 9.17) is 21.1 Å². The Kier molecular flexibility index (Phi) is 4.28. The summed E-state index contributed by atoms with van der Waals surface area (Å²) >= 11 is 5.73. The Balaban J connectivity index is 1.60. The highest BCUT2D eigenvalue weighted by Gasteiger charge is 2.67. The molecule has 1 aromatic rings. The molecule has 0 N–H and O–H groups in total. The summed E-state index contributed by atoms with van der Waals surface area (Å²) in [5.74, 6) is -2.56. The number of unbranched alkanes of at least 4 members (excludes halogenated alkanes) is 1. The maximum absolute atomic E-state index is 13.8. The molecule has 0 saturated carbocycles. The minimum Gasteiger partial charge on any atom is -0.465 e. The fourth-order valence-electron chi connectivity index (χ4n) is 4.05. The number of amides is 1. The van der Waals surface area contributed by atoms with Gasteiger partial charge in [0.1, 0.15) is 17.3 Å². The molecule has 3 heterocycles. The molecular weight excluding hydrogens is 361 g/mol. The zero-order chi connectivity index (χ0) is 18.5. The van der Waals surface area contributed by atoms with Gasteiger partial charge in [0.05, 0.1) is 30.2 Å². The summed E-state index contributed by atoms with van der Waals surface area (Å²) in [6.45, 7) is 2.58. The van der Waals surface area contributed by atoms with Crippen LogP contribution in [0.3, 0.4) is 0 Å². The van der Waals surface area contributed by atoms with Crippen molar-refractivity contribution >= 4 is 29.2 Å². The molecule has 2 fully saturated rings. The number of rotatable bonds is 5. The Labute approximate surface area is 155 Å². The predicted octanol–water partition coefficient (Wildman–Crippen LogP) is 3.11. The monoisotopic (exact) mass is 379 g/mol. The standard InChI is InChI=1S/C19H19ClFNO4/c1-2-3-8-25-18(24)15-14-6-7-19(26-14)10-22(17(23)16(15)19)11-4-5-12(20)13(21)9-11/h4-7,9,14-16H,2-3,8,10H2,1H3/t14-,15+,16-,19+/m0/s1. The molecule has 4 rings (SSSR count). The zero-order valence-electron chi connectivity index (χ0n) is 14.3. The summed E-state index contributed by atoms with van der Waals surface area (Å²) in [4.78, 5) is 27.1. The smallest absolute Gasteiger partial charge is 0.312 e. The minimum atomic E-state index is -0.855. The maximum atomic E-state index is 13.8. The van der Waals surface area contributed by atoms with Gasteiger partial charge in [0.2, 0.25) is 5.91 Å². The number of ether oxygens (including phenoxy) is 2. The Hall–Kier alpha value is -1.92. The number of anilines is 1. The quantitative estimate of drug-likeness (QED) is 0.448. The summed E-state index contributed by atoms with van der Waals surface area (Å²) < 4.78 is 25.2. The fourth-order valence-corrected chi connectivity index (χ4v) is 4.17. The number of carbonyl (C=O) groups is 2. The van der Waals surface area contributed by atoms with E-state index >= 15 is 0 Å². The van der Waals surface area contributed by atoms with Gasteiger partial charge in [0.15, 0.2) is 0 Å². The normalized spacial score (nSPS) is 31.6. The molecule has 26 heavy (non-hydrogen) atoms. The molecule has 2 saturated heterocycles. The number of nitrogens with zero attached hydrogens (tertiary/aromatic N) is 1. The lowest BCUT2D eigenvalue weighted by Gasteiger charge is -2.22. The van der Waals surface area contributed by atoms with Crippen LogP contribution in [0.4, 0.5) is 10.1 Å². The van der Waals surface area contributed by atoms with Crippen molar-refractivity contribution in [1.29, 1.82) is 0 Å². The van der Waals surface area contributed by atoms with E-state index in [0.717, 1.165) is 12.8 Å². The number of halogens is 2. The van der Waals surface area contributed by atoms with Crippen LogP contribution in [0.1, 0.15) is 19.8 Å². The molecule has 138 valence electrons. The van der Waals surface area contributed by atoms with Gasteiger partial charge in [-0.3, -0.25) is 9.59 Å². The molecule has 7 heteroatoms. The van der Waals surface area contributed by atoms with Crippen LogP contribution >= 0.6 is 11.6 Å². The second-order valence-electron chi connectivity index (χ2n) is 6.94. The first kappa shape index (κ1) is 17.5. The Morgan fingerprint density at radius 3 is 3.04 bits per heavy atom. The Morgan fingerprint density at radius 1 is 1.50 bits per heavy atom. The van der Waals surface area contributed by atoms with Crippen LogP contribution < -0.4 is 4.90 Å². The predicted molar refractivity (Wildman–Crippen MR) is 93.4 cm³/mol. The summed E-state index contributed by atoms with van der Waals surface area (Å²) in [5, 5.41) is -0.00629. The molecule has 1 aromatic carbocycles. The Bertz CT molecular complexity index is 798. The first-order valence-electron chi connectivity index (χ1n) is 8.77. The number of hydrogen-bond acceptors (Lipinski definition) is 4. The van der Waals surface area contributed by atoms with Crippen LogP contribution in [-0.4, -0.2) is 36.7 Å². The minimum absolute atomic E-state index is 0.00629. The molecule has 3 aliphatic heterocycles. The second kappa shape index (κ2) is 6.35. The van der Waals surface area contributed by atoms with Gasteiger partial charge in [-0.2, -0.15) is 0 Å². The molecule has 4 atom stereocenters. The molecule has 0 aromatic heterocycles. The molecule has 0 radical (unpaired) electrons. The zero-order valence-corrected chi connectivity index (χ0v) is 15.0. The maximum Gasteiger partial charge on any atom is 0.312 e. The lowest BCUT2D eigenvalue weighted by atomic mass is 9.77. The summed E-state index contributed by atoms with van der Waals surface area (Å²) in [6.07, 6.45) is 4.92. The van der Waals surface area contributed by atoms with Gasteiger partial charge in [-0.15, -0.1) is 0 Å². The molecule has 1 spiro atoms. The fraction of sp³-hybridized carbons (Fsp3) is 0.474. The van der Waals surface area contributed by atoms with Crippen molar-refractivity contribution in [3.05, 3.63) is 41.2 Å². The third-order valence-electron chi connectivity index (χ3n) is 5.33. The average molecular weight is 380 g/mol. The SMILES string of the molecule is CCCCOC(=O)[C@@H]1[C@@H]2C=C[C@]3(CN(c4ccc(Cl)c(F)c4)C(=O)[C@H]13)O2. The van der Waals surface area contributed by atoms with E-state index in [9.17, 15) is 14.0 Å². The molecule has 5 nitrogen and oxygen atoms in total. The van der Waals surface area contributed by atoms with Gasteiger partial charge in [-0.25, -0.2) is 4.39 Å². The van der Waals surface area contributed by atoms with Gasteiger partial charge >= 0.3 is 5.97 Å². The molecule has 0 aliphatic carbocycles. The topological polar surface area (TPSA) is 55.8 Å². The highest BCUT2D eigenvalue weighted by Crippen LogP contribution is 2.53.